The van der Waals surface area contributed by atoms with Crippen LogP contribution in [0.1, 0.15) is 36.5 Å². The highest BCUT2D eigenvalue weighted by Crippen LogP contribution is 2.17. The SMILES string of the molecule is C#CCOc1ccccc1C(=O)NCCCCC. The fraction of sp³-hybridized carbons (Fsp3) is 0.400. The Bertz CT molecular complexity index is 421. The molecule has 0 spiro atoms. The zero-order chi connectivity index (χ0) is 13.2. The van der Waals surface area contributed by atoms with Crippen molar-refractivity contribution in [1.82, 2.24) is 5.32 Å². The largest absolute Gasteiger partial charge is 0.480 e. The number of hydrogen-bond donors (Lipinski definition) is 1. The van der Waals surface area contributed by atoms with E-state index in [0.29, 0.717) is 17.9 Å². The number of benzene rings is 1. The molecule has 3 nitrogen and oxygen atoms in total. The fourth-order valence-electron chi connectivity index (χ4n) is 1.57. The molecule has 1 aromatic rings. The van der Waals surface area contributed by atoms with Gasteiger partial charge >= 0.3 is 0 Å². The number of nitrogens with one attached hydrogen (secondary N) is 1. The van der Waals surface area contributed by atoms with E-state index in [1.807, 2.05) is 12.1 Å². The van der Waals surface area contributed by atoms with Crippen LogP contribution in [0, 0.1) is 12.3 Å². The van der Waals surface area contributed by atoms with E-state index in [-0.39, 0.29) is 12.5 Å². The molecule has 3 heteroatoms. The molecule has 96 valence electrons. The maximum absolute atomic E-state index is 11.9. The number of amides is 1. The van der Waals surface area contributed by atoms with Gasteiger partial charge in [-0.15, -0.1) is 6.42 Å². The monoisotopic (exact) mass is 245 g/mol. The summed E-state index contributed by atoms with van der Waals surface area (Å²) in [6.45, 7) is 2.99. The molecule has 1 N–H and O–H groups in total. The van der Waals surface area contributed by atoms with Crippen molar-refractivity contribution >= 4 is 5.91 Å². The summed E-state index contributed by atoms with van der Waals surface area (Å²) < 4.78 is 5.34. The van der Waals surface area contributed by atoms with Crippen LogP contribution in [-0.2, 0) is 0 Å². The average molecular weight is 245 g/mol. The first-order chi connectivity index (χ1) is 8.79. The van der Waals surface area contributed by atoms with Crippen molar-refractivity contribution in [2.75, 3.05) is 13.2 Å². The molecule has 0 fully saturated rings. The first-order valence-corrected chi connectivity index (χ1v) is 6.23. The number of carbonyl (C=O) groups is 1. The van der Waals surface area contributed by atoms with E-state index >= 15 is 0 Å². The summed E-state index contributed by atoms with van der Waals surface area (Å²) in [5.41, 5.74) is 0.532. The van der Waals surface area contributed by atoms with E-state index < -0.39 is 0 Å². The summed E-state index contributed by atoms with van der Waals surface area (Å²) in [5.74, 6) is 2.81. The highest BCUT2D eigenvalue weighted by atomic mass is 16.5. The van der Waals surface area contributed by atoms with Crippen LogP contribution in [0.3, 0.4) is 0 Å². The van der Waals surface area contributed by atoms with Gasteiger partial charge in [-0.2, -0.15) is 0 Å². The molecule has 0 bridgehead atoms. The second-order valence-corrected chi connectivity index (χ2v) is 3.95. The number of hydrogen-bond acceptors (Lipinski definition) is 2. The molecule has 0 aliphatic heterocycles. The molecule has 0 aliphatic carbocycles. The molecule has 0 saturated carbocycles. The summed E-state index contributed by atoms with van der Waals surface area (Å²) in [4.78, 5) is 11.9. The molecule has 0 aromatic heterocycles. The lowest BCUT2D eigenvalue weighted by molar-refractivity contribution is 0.0949. The lowest BCUT2D eigenvalue weighted by atomic mass is 10.2. The van der Waals surface area contributed by atoms with E-state index in [1.165, 1.54) is 0 Å². The predicted molar refractivity (Wildman–Crippen MR) is 72.6 cm³/mol. The van der Waals surface area contributed by atoms with Crippen molar-refractivity contribution in [1.29, 1.82) is 0 Å². The predicted octanol–water partition coefficient (Wildman–Crippen LogP) is 2.62. The average Bonchev–Trinajstić information content (AvgIpc) is 2.41. The Morgan fingerprint density at radius 2 is 2.17 bits per heavy atom. The van der Waals surface area contributed by atoms with Crippen molar-refractivity contribution in [2.45, 2.75) is 26.2 Å². The van der Waals surface area contributed by atoms with E-state index in [4.69, 9.17) is 11.2 Å². The molecule has 0 unspecified atom stereocenters. The van der Waals surface area contributed by atoms with Crippen molar-refractivity contribution in [3.8, 4) is 18.1 Å². The number of ether oxygens (including phenoxy) is 1. The van der Waals surface area contributed by atoms with Crippen LogP contribution in [0.5, 0.6) is 5.75 Å². The molecule has 1 amide bonds. The molecule has 0 heterocycles. The van der Waals surface area contributed by atoms with Crippen LogP contribution in [0.25, 0.3) is 0 Å². The van der Waals surface area contributed by atoms with E-state index in [0.717, 1.165) is 19.3 Å². The highest BCUT2D eigenvalue weighted by Gasteiger charge is 2.10. The summed E-state index contributed by atoms with van der Waals surface area (Å²) in [7, 11) is 0. The normalized spacial score (nSPS) is 9.56. The van der Waals surface area contributed by atoms with Gasteiger partial charge in [0.15, 0.2) is 0 Å². The second kappa shape index (κ2) is 8.19. The molecular weight excluding hydrogens is 226 g/mol. The molecule has 0 radical (unpaired) electrons. The Balaban J connectivity index is 2.58. The minimum Gasteiger partial charge on any atom is -0.480 e. The molecule has 0 atom stereocenters. The zero-order valence-corrected chi connectivity index (χ0v) is 10.7. The summed E-state index contributed by atoms with van der Waals surface area (Å²) in [5, 5.41) is 2.88. The zero-order valence-electron chi connectivity index (χ0n) is 10.7. The minimum absolute atomic E-state index is 0.112. The van der Waals surface area contributed by atoms with E-state index in [2.05, 4.69) is 18.2 Å². The second-order valence-electron chi connectivity index (χ2n) is 3.95. The smallest absolute Gasteiger partial charge is 0.255 e. The standard InChI is InChI=1S/C15H19NO2/c1-3-5-8-11-16-15(17)13-9-6-7-10-14(13)18-12-4-2/h2,6-7,9-10H,3,5,8,11-12H2,1H3,(H,16,17). The van der Waals surface area contributed by atoms with Gasteiger partial charge in [-0.25, -0.2) is 0 Å². The lowest BCUT2D eigenvalue weighted by Gasteiger charge is -2.09. The van der Waals surface area contributed by atoms with Gasteiger partial charge in [0.2, 0.25) is 0 Å². The summed E-state index contributed by atoms with van der Waals surface area (Å²) >= 11 is 0. The van der Waals surface area contributed by atoms with Crippen molar-refractivity contribution < 1.29 is 9.53 Å². The maximum Gasteiger partial charge on any atom is 0.255 e. The molecule has 1 aromatic carbocycles. The summed E-state index contributed by atoms with van der Waals surface area (Å²) in [6, 6.07) is 7.11. The minimum atomic E-state index is -0.112. The van der Waals surface area contributed by atoms with Crippen LogP contribution in [0.15, 0.2) is 24.3 Å². The highest BCUT2D eigenvalue weighted by molar-refractivity contribution is 5.96. The van der Waals surface area contributed by atoms with Crippen LogP contribution in [0.2, 0.25) is 0 Å². The van der Waals surface area contributed by atoms with Gasteiger partial charge in [-0.3, -0.25) is 4.79 Å². The Morgan fingerprint density at radius 1 is 1.39 bits per heavy atom. The molecule has 0 saturated heterocycles. The number of unbranched alkanes of at least 4 members (excludes halogenated alkanes) is 2. The van der Waals surface area contributed by atoms with Gasteiger partial charge in [0.05, 0.1) is 5.56 Å². The van der Waals surface area contributed by atoms with Gasteiger partial charge in [-0.05, 0) is 18.6 Å². The molecule has 18 heavy (non-hydrogen) atoms. The Morgan fingerprint density at radius 3 is 2.89 bits per heavy atom. The van der Waals surface area contributed by atoms with Crippen LogP contribution in [0.4, 0.5) is 0 Å². The van der Waals surface area contributed by atoms with Crippen molar-refractivity contribution in [2.24, 2.45) is 0 Å². The first kappa shape index (κ1) is 14.1. The Kier molecular flexibility index (Phi) is 6.42. The van der Waals surface area contributed by atoms with Gasteiger partial charge in [-0.1, -0.05) is 37.8 Å². The summed E-state index contributed by atoms with van der Waals surface area (Å²) in [6.07, 6.45) is 8.39. The topological polar surface area (TPSA) is 38.3 Å². The third-order valence-electron chi connectivity index (χ3n) is 2.51. The van der Waals surface area contributed by atoms with Gasteiger partial charge < -0.3 is 10.1 Å². The fourth-order valence-corrected chi connectivity index (χ4v) is 1.57. The number of rotatable bonds is 7. The quantitative estimate of drug-likeness (QED) is 0.592. The lowest BCUT2D eigenvalue weighted by Crippen LogP contribution is -2.25. The third kappa shape index (κ3) is 4.50. The molecule has 0 aliphatic rings. The van der Waals surface area contributed by atoms with Crippen LogP contribution in [-0.4, -0.2) is 19.1 Å². The third-order valence-corrected chi connectivity index (χ3v) is 2.51. The first-order valence-electron chi connectivity index (χ1n) is 6.23. The van der Waals surface area contributed by atoms with E-state index in [1.54, 1.807) is 12.1 Å². The Labute approximate surface area is 109 Å². The Hall–Kier alpha value is -1.95. The van der Waals surface area contributed by atoms with Gasteiger partial charge in [0.1, 0.15) is 12.4 Å². The number of para-hydroxylation sites is 1. The number of carbonyl (C=O) groups excluding carboxylic acids is 1. The molecular formula is C15H19NO2. The number of terminal acetylenes is 1. The van der Waals surface area contributed by atoms with Crippen molar-refractivity contribution in [3.63, 3.8) is 0 Å². The maximum atomic E-state index is 11.9. The van der Waals surface area contributed by atoms with Crippen LogP contribution >= 0.6 is 0 Å². The molecule has 1 rings (SSSR count). The van der Waals surface area contributed by atoms with Gasteiger partial charge in [0, 0.05) is 6.54 Å². The van der Waals surface area contributed by atoms with Crippen molar-refractivity contribution in [3.05, 3.63) is 29.8 Å². The van der Waals surface area contributed by atoms with E-state index in [9.17, 15) is 4.79 Å². The van der Waals surface area contributed by atoms with Crippen LogP contribution < -0.4 is 10.1 Å². The van der Waals surface area contributed by atoms with Gasteiger partial charge in [0.25, 0.3) is 5.91 Å².